The largest absolute Gasteiger partial charge is 0.103 e. The first kappa shape index (κ1) is 19.0. The molecule has 0 aliphatic heterocycles. The summed E-state index contributed by atoms with van der Waals surface area (Å²) >= 11 is 0. The first-order valence-electron chi connectivity index (χ1n) is 9.04. The van der Waals surface area contributed by atoms with Gasteiger partial charge in [0.1, 0.15) is 0 Å². The molecule has 22 heavy (non-hydrogen) atoms. The highest BCUT2D eigenvalue weighted by Crippen LogP contribution is 2.39. The molecule has 1 atom stereocenters. The number of unbranched alkanes of at least 4 members (excludes halogenated alkanes) is 3. The van der Waals surface area contributed by atoms with Gasteiger partial charge in [-0.2, -0.15) is 0 Å². The van der Waals surface area contributed by atoms with Crippen molar-refractivity contribution < 1.29 is 0 Å². The van der Waals surface area contributed by atoms with E-state index >= 15 is 0 Å². The van der Waals surface area contributed by atoms with Crippen molar-refractivity contribution in [2.24, 2.45) is 11.3 Å². The highest BCUT2D eigenvalue weighted by atomic mass is 14.3. The van der Waals surface area contributed by atoms with Crippen LogP contribution >= 0.6 is 0 Å². The van der Waals surface area contributed by atoms with Gasteiger partial charge in [0.25, 0.3) is 0 Å². The minimum absolute atomic E-state index is 0.330. The molecule has 0 aliphatic rings. The van der Waals surface area contributed by atoms with E-state index in [0.717, 1.165) is 12.3 Å². The molecular weight excluding hydrogens is 264 g/mol. The van der Waals surface area contributed by atoms with Crippen molar-refractivity contribution in [1.82, 2.24) is 0 Å². The maximum atomic E-state index is 3.78. The second-order valence-electron chi connectivity index (χ2n) is 8.18. The summed E-state index contributed by atoms with van der Waals surface area (Å²) in [6, 6.07) is 9.44. The van der Waals surface area contributed by atoms with Crippen molar-refractivity contribution in [2.75, 3.05) is 0 Å². The van der Waals surface area contributed by atoms with Crippen molar-refractivity contribution in [3.8, 4) is 0 Å². The molecule has 0 spiro atoms. The van der Waals surface area contributed by atoms with Crippen LogP contribution in [0.15, 0.2) is 36.9 Å². The molecule has 1 rings (SSSR count). The zero-order valence-electron chi connectivity index (χ0n) is 15.5. The SMILES string of the molecule is C=CCCCCCc1ccc(C(CC(C)C)C(C)(C)C)cc1. The summed E-state index contributed by atoms with van der Waals surface area (Å²) in [5, 5.41) is 0. The molecule has 0 saturated heterocycles. The maximum absolute atomic E-state index is 3.78. The van der Waals surface area contributed by atoms with E-state index in [4.69, 9.17) is 0 Å². The van der Waals surface area contributed by atoms with Gasteiger partial charge >= 0.3 is 0 Å². The minimum Gasteiger partial charge on any atom is -0.103 e. The highest BCUT2D eigenvalue weighted by molar-refractivity contribution is 5.27. The average Bonchev–Trinajstić information content (AvgIpc) is 2.44. The van der Waals surface area contributed by atoms with Crippen LogP contribution in [0.1, 0.15) is 83.8 Å². The standard InChI is InChI=1S/C22H36/c1-7-8-9-10-11-12-19-13-15-20(16-14-19)21(17-18(2)3)22(4,5)6/h7,13-16,18,21H,1,8-12,17H2,2-6H3. The summed E-state index contributed by atoms with van der Waals surface area (Å²) in [5.74, 6) is 1.39. The fraction of sp³-hybridized carbons (Fsp3) is 0.636. The van der Waals surface area contributed by atoms with Gasteiger partial charge in [-0.3, -0.25) is 0 Å². The second-order valence-corrected chi connectivity index (χ2v) is 8.18. The first-order chi connectivity index (χ1) is 10.3. The van der Waals surface area contributed by atoms with Gasteiger partial charge in [-0.05, 0) is 60.5 Å². The van der Waals surface area contributed by atoms with Gasteiger partial charge in [0.05, 0.1) is 0 Å². The Hall–Kier alpha value is -1.04. The number of hydrogen-bond donors (Lipinski definition) is 0. The quantitative estimate of drug-likeness (QED) is 0.335. The predicted molar refractivity (Wildman–Crippen MR) is 100 cm³/mol. The monoisotopic (exact) mass is 300 g/mol. The molecule has 0 heteroatoms. The number of aryl methyl sites for hydroxylation is 1. The molecule has 0 saturated carbocycles. The van der Waals surface area contributed by atoms with Crippen LogP contribution in [0.2, 0.25) is 0 Å². The molecule has 1 aromatic rings. The van der Waals surface area contributed by atoms with Crippen LogP contribution in [0.4, 0.5) is 0 Å². The van der Waals surface area contributed by atoms with E-state index in [1.54, 1.807) is 0 Å². The topological polar surface area (TPSA) is 0 Å². The van der Waals surface area contributed by atoms with Crippen molar-refractivity contribution in [1.29, 1.82) is 0 Å². The van der Waals surface area contributed by atoms with Crippen molar-refractivity contribution in [2.45, 2.75) is 79.1 Å². The number of rotatable bonds is 9. The smallest absolute Gasteiger partial charge is 0.0111 e. The van der Waals surface area contributed by atoms with Gasteiger partial charge in [-0.15, -0.1) is 6.58 Å². The van der Waals surface area contributed by atoms with E-state index in [-0.39, 0.29) is 0 Å². The Kier molecular flexibility index (Phi) is 7.93. The number of hydrogen-bond acceptors (Lipinski definition) is 0. The van der Waals surface area contributed by atoms with Crippen LogP contribution in [-0.2, 0) is 6.42 Å². The number of allylic oxidation sites excluding steroid dienone is 1. The Labute approximate surface area is 139 Å². The molecular formula is C22H36. The fourth-order valence-electron chi connectivity index (χ4n) is 3.17. The second kappa shape index (κ2) is 9.18. The van der Waals surface area contributed by atoms with E-state index in [1.807, 2.05) is 6.08 Å². The molecule has 0 aliphatic carbocycles. The van der Waals surface area contributed by atoms with Gasteiger partial charge < -0.3 is 0 Å². The van der Waals surface area contributed by atoms with Crippen LogP contribution < -0.4 is 0 Å². The molecule has 0 fully saturated rings. The Morgan fingerprint density at radius 2 is 1.64 bits per heavy atom. The number of benzene rings is 1. The van der Waals surface area contributed by atoms with E-state index < -0.39 is 0 Å². The molecule has 1 aromatic carbocycles. The third-order valence-electron chi connectivity index (χ3n) is 4.51. The van der Waals surface area contributed by atoms with E-state index in [9.17, 15) is 0 Å². The average molecular weight is 301 g/mol. The van der Waals surface area contributed by atoms with Gasteiger partial charge in [-0.1, -0.05) is 71.4 Å². The molecule has 0 bridgehead atoms. The zero-order chi connectivity index (χ0) is 16.6. The third-order valence-corrected chi connectivity index (χ3v) is 4.51. The Morgan fingerprint density at radius 1 is 1.00 bits per heavy atom. The lowest BCUT2D eigenvalue weighted by Gasteiger charge is -2.32. The molecule has 0 radical (unpaired) electrons. The van der Waals surface area contributed by atoms with Crippen LogP contribution in [0.5, 0.6) is 0 Å². The Bertz CT molecular complexity index is 416. The minimum atomic E-state index is 0.330. The Morgan fingerprint density at radius 3 is 2.14 bits per heavy atom. The zero-order valence-corrected chi connectivity index (χ0v) is 15.5. The lowest BCUT2D eigenvalue weighted by Crippen LogP contribution is -2.20. The van der Waals surface area contributed by atoms with Crippen molar-refractivity contribution in [3.05, 3.63) is 48.0 Å². The summed E-state index contributed by atoms with van der Waals surface area (Å²) < 4.78 is 0. The van der Waals surface area contributed by atoms with Crippen LogP contribution in [0.3, 0.4) is 0 Å². The lowest BCUT2D eigenvalue weighted by atomic mass is 9.72. The van der Waals surface area contributed by atoms with Gasteiger partial charge in [0.15, 0.2) is 0 Å². The lowest BCUT2D eigenvalue weighted by molar-refractivity contribution is 0.280. The van der Waals surface area contributed by atoms with E-state index in [0.29, 0.717) is 11.3 Å². The summed E-state index contributed by atoms with van der Waals surface area (Å²) in [7, 11) is 0. The molecule has 0 N–H and O–H groups in total. The molecule has 124 valence electrons. The van der Waals surface area contributed by atoms with Crippen LogP contribution in [-0.4, -0.2) is 0 Å². The summed E-state index contributed by atoms with van der Waals surface area (Å²) in [6.45, 7) is 15.5. The third kappa shape index (κ3) is 6.81. The molecule has 0 amide bonds. The molecule has 0 nitrogen and oxygen atoms in total. The highest BCUT2D eigenvalue weighted by Gasteiger charge is 2.26. The van der Waals surface area contributed by atoms with Gasteiger partial charge in [0, 0.05) is 0 Å². The van der Waals surface area contributed by atoms with Crippen LogP contribution in [0, 0.1) is 11.3 Å². The summed E-state index contributed by atoms with van der Waals surface area (Å²) in [5.41, 5.74) is 3.33. The van der Waals surface area contributed by atoms with Gasteiger partial charge in [0.2, 0.25) is 0 Å². The molecule has 0 aromatic heterocycles. The molecule has 1 unspecified atom stereocenters. The van der Waals surface area contributed by atoms with E-state index in [1.165, 1.54) is 43.2 Å². The summed E-state index contributed by atoms with van der Waals surface area (Å²) in [6.07, 6.45) is 9.54. The normalized spacial score (nSPS) is 13.4. The summed E-state index contributed by atoms with van der Waals surface area (Å²) in [4.78, 5) is 0. The molecule has 0 heterocycles. The van der Waals surface area contributed by atoms with Crippen molar-refractivity contribution >= 4 is 0 Å². The van der Waals surface area contributed by atoms with Crippen LogP contribution in [0.25, 0.3) is 0 Å². The van der Waals surface area contributed by atoms with E-state index in [2.05, 4.69) is 65.5 Å². The van der Waals surface area contributed by atoms with Gasteiger partial charge in [-0.25, -0.2) is 0 Å². The predicted octanol–water partition coefficient (Wildman–Crippen LogP) is 7.15. The fourth-order valence-corrected chi connectivity index (χ4v) is 3.17. The maximum Gasteiger partial charge on any atom is -0.0111 e. The Balaban J connectivity index is 2.63. The van der Waals surface area contributed by atoms with Crippen molar-refractivity contribution in [3.63, 3.8) is 0 Å². The first-order valence-corrected chi connectivity index (χ1v) is 9.04.